The van der Waals surface area contributed by atoms with Crippen molar-refractivity contribution in [3.63, 3.8) is 0 Å². The summed E-state index contributed by atoms with van der Waals surface area (Å²) in [7, 11) is 0. The summed E-state index contributed by atoms with van der Waals surface area (Å²) in [4.78, 5) is 10.2. The fourth-order valence-electron chi connectivity index (χ4n) is 0.246. The van der Waals surface area contributed by atoms with Crippen molar-refractivity contribution in [3.05, 3.63) is 12.7 Å². The van der Waals surface area contributed by atoms with E-state index in [0.29, 0.717) is 6.54 Å². The number of carbonyl (C=O) groups is 1. The average molecular weight is 145 g/mol. The summed E-state index contributed by atoms with van der Waals surface area (Å²) in [5, 5.41) is 2.54. The van der Waals surface area contributed by atoms with Gasteiger partial charge in [0.2, 0.25) is 5.91 Å². The van der Waals surface area contributed by atoms with Crippen molar-refractivity contribution < 1.29 is 6.22 Å². The van der Waals surface area contributed by atoms with Crippen molar-refractivity contribution in [2.45, 2.75) is 27.2 Å². The molecule has 0 atom stereocenters. The van der Waals surface area contributed by atoms with Gasteiger partial charge in [0.1, 0.15) is 0 Å². The number of likely N-dealkylation sites (N-methyl/N-ethyl adjacent to an activating group) is 1. The van der Waals surface area contributed by atoms with Gasteiger partial charge in [-0.25, -0.2) is 0 Å². The molecule has 0 radical (unpaired) electrons. The van der Waals surface area contributed by atoms with Crippen LogP contribution in [0.1, 0.15) is 28.6 Å². The van der Waals surface area contributed by atoms with Gasteiger partial charge in [-0.3, -0.25) is 4.79 Å². The van der Waals surface area contributed by atoms with Gasteiger partial charge in [0, 0.05) is 7.97 Å². The molecule has 0 bridgehead atoms. The Morgan fingerprint density at radius 1 is 1.60 bits per heavy atom. The summed E-state index contributed by atoms with van der Waals surface area (Å²) >= 11 is 0. The van der Waals surface area contributed by atoms with Gasteiger partial charge < -0.3 is 5.32 Å². The maximum atomic E-state index is 10.2. The largest absolute Gasteiger partial charge is 0.353 e. The van der Waals surface area contributed by atoms with Gasteiger partial charge >= 0.3 is 0 Å². The first kappa shape index (κ1) is 11.9. The maximum absolute atomic E-state index is 10.2. The van der Waals surface area contributed by atoms with Crippen LogP contribution in [-0.4, -0.2) is 12.5 Å². The highest BCUT2D eigenvalue weighted by Gasteiger charge is 1.83. The number of rotatable bonds is 2. The lowest BCUT2D eigenvalue weighted by atomic mass is 10.6. The number of amides is 1. The second kappa shape index (κ2) is 11.1. The van der Waals surface area contributed by atoms with Crippen LogP contribution >= 0.6 is 0 Å². The van der Waals surface area contributed by atoms with E-state index in [2.05, 4.69) is 25.7 Å². The minimum atomic E-state index is -0.109. The van der Waals surface area contributed by atoms with Gasteiger partial charge in [-0.05, 0) is 13.0 Å². The molecule has 0 heterocycles. The van der Waals surface area contributed by atoms with E-state index >= 15 is 0 Å². The van der Waals surface area contributed by atoms with E-state index in [1.54, 1.807) is 0 Å². The fraction of sp³-hybridized carbons (Fsp3) is 0.625. The van der Waals surface area contributed by atoms with Crippen molar-refractivity contribution in [3.8, 4) is 0 Å². The highest BCUT2D eigenvalue weighted by atomic mass is 16.1. The molecular weight excluding hydrogens is 126 g/mol. The monoisotopic (exact) mass is 145 g/mol. The third-order valence-corrected chi connectivity index (χ3v) is 0.536. The van der Waals surface area contributed by atoms with Crippen LogP contribution in [0.4, 0.5) is 0 Å². The number of nitrogens with one attached hydrogen (secondary N) is 1. The third kappa shape index (κ3) is 15.7. The molecule has 0 aromatic heterocycles. The molecule has 0 aromatic rings. The minimum absolute atomic E-state index is 0. The lowest BCUT2D eigenvalue weighted by molar-refractivity contribution is -0.116. The zero-order valence-electron chi connectivity index (χ0n) is 7.11. The molecule has 0 aromatic carbocycles. The van der Waals surface area contributed by atoms with Gasteiger partial charge in [0.05, 0.1) is 0 Å². The Balaban J connectivity index is -0.000000140. The summed E-state index contributed by atoms with van der Waals surface area (Å²) in [5.41, 5.74) is 0. The average Bonchev–Trinajstić information content (AvgIpc) is 1.90. The predicted octanol–water partition coefficient (Wildman–Crippen LogP) is 1.97. The van der Waals surface area contributed by atoms with Crippen LogP contribution in [0, 0.1) is 0 Å². The molecule has 2 heteroatoms. The van der Waals surface area contributed by atoms with Crippen molar-refractivity contribution in [1.29, 1.82) is 0 Å². The summed E-state index contributed by atoms with van der Waals surface area (Å²) in [6.45, 7) is 10.1. The topological polar surface area (TPSA) is 29.1 Å². The zero-order chi connectivity index (χ0) is 8.41. The van der Waals surface area contributed by atoms with Crippen LogP contribution in [-0.2, 0) is 4.79 Å². The van der Waals surface area contributed by atoms with E-state index in [0.717, 1.165) is 0 Å². The number of carbonyl (C=O) groups excluding carboxylic acids is 1. The molecular formula is C8H19NO. The molecule has 1 amide bonds. The standard InChI is InChI=1S/C5H9NO.C3H8.H2/c1-3-5(7)6-4-2;1-3-2;/h3H,1,4H2,2H3,(H,6,7);3H2,1-2H3;1H. The first-order valence-corrected chi connectivity index (χ1v) is 3.63. The van der Waals surface area contributed by atoms with Gasteiger partial charge in [0.25, 0.3) is 0 Å². The first-order valence-electron chi connectivity index (χ1n) is 3.63. The Bertz CT molecular complexity index is 94.1. The quantitative estimate of drug-likeness (QED) is 0.591. The van der Waals surface area contributed by atoms with E-state index in [-0.39, 0.29) is 7.33 Å². The molecule has 0 unspecified atom stereocenters. The maximum Gasteiger partial charge on any atom is 0.243 e. The Morgan fingerprint density at radius 2 is 2.00 bits per heavy atom. The summed E-state index contributed by atoms with van der Waals surface area (Å²) in [6, 6.07) is 0. The molecule has 0 aliphatic rings. The SMILES string of the molecule is C=CC(=O)NCC.CCC.[HH]. The molecule has 10 heavy (non-hydrogen) atoms. The second-order valence-corrected chi connectivity index (χ2v) is 1.81. The van der Waals surface area contributed by atoms with Crippen LogP contribution in [0.15, 0.2) is 12.7 Å². The molecule has 2 nitrogen and oxygen atoms in total. The van der Waals surface area contributed by atoms with Crippen LogP contribution in [0.5, 0.6) is 0 Å². The predicted molar refractivity (Wildman–Crippen MR) is 47.0 cm³/mol. The van der Waals surface area contributed by atoms with E-state index in [4.69, 9.17) is 0 Å². The molecule has 0 spiro atoms. The Kier molecular flexibility index (Phi) is 13.2. The molecule has 0 aliphatic heterocycles. The lowest BCUT2D eigenvalue weighted by Gasteiger charge is -1.90. The lowest BCUT2D eigenvalue weighted by Crippen LogP contribution is -2.19. The zero-order valence-corrected chi connectivity index (χ0v) is 7.11. The highest BCUT2D eigenvalue weighted by molar-refractivity contribution is 5.86. The van der Waals surface area contributed by atoms with E-state index in [1.165, 1.54) is 12.5 Å². The van der Waals surface area contributed by atoms with Crippen molar-refractivity contribution >= 4 is 5.91 Å². The number of hydrogen-bond acceptors (Lipinski definition) is 1. The van der Waals surface area contributed by atoms with Crippen molar-refractivity contribution in [2.75, 3.05) is 6.54 Å². The molecule has 0 rings (SSSR count). The highest BCUT2D eigenvalue weighted by Crippen LogP contribution is 1.61. The Labute approximate surface area is 64.8 Å². The Morgan fingerprint density at radius 3 is 2.10 bits per heavy atom. The molecule has 1 N–H and O–H groups in total. The summed E-state index contributed by atoms with van der Waals surface area (Å²) < 4.78 is 0. The fourth-order valence-corrected chi connectivity index (χ4v) is 0.246. The number of hydrogen-bond donors (Lipinski definition) is 1. The molecule has 0 saturated carbocycles. The van der Waals surface area contributed by atoms with Gasteiger partial charge in [-0.15, -0.1) is 0 Å². The van der Waals surface area contributed by atoms with Crippen LogP contribution in [0.25, 0.3) is 0 Å². The van der Waals surface area contributed by atoms with Gasteiger partial charge in [-0.2, -0.15) is 0 Å². The van der Waals surface area contributed by atoms with Crippen molar-refractivity contribution in [2.24, 2.45) is 0 Å². The third-order valence-electron chi connectivity index (χ3n) is 0.536. The van der Waals surface area contributed by atoms with Crippen molar-refractivity contribution in [1.82, 2.24) is 5.32 Å². The first-order chi connectivity index (χ1) is 4.72. The van der Waals surface area contributed by atoms with E-state index < -0.39 is 0 Å². The van der Waals surface area contributed by atoms with Crippen LogP contribution in [0.3, 0.4) is 0 Å². The van der Waals surface area contributed by atoms with Crippen LogP contribution < -0.4 is 5.32 Å². The minimum Gasteiger partial charge on any atom is -0.353 e. The van der Waals surface area contributed by atoms with E-state index in [9.17, 15) is 4.79 Å². The second-order valence-electron chi connectivity index (χ2n) is 1.81. The normalized spacial score (nSPS) is 7.10. The van der Waals surface area contributed by atoms with Crippen LogP contribution in [0.2, 0.25) is 0 Å². The summed E-state index contributed by atoms with van der Waals surface area (Å²) in [5.74, 6) is -0.109. The van der Waals surface area contributed by atoms with Gasteiger partial charge in [0.15, 0.2) is 0 Å². The molecule has 0 aliphatic carbocycles. The molecule has 0 saturated heterocycles. The Hall–Kier alpha value is -0.790. The molecule has 62 valence electrons. The van der Waals surface area contributed by atoms with Gasteiger partial charge in [-0.1, -0.05) is 26.8 Å². The molecule has 0 fully saturated rings. The smallest absolute Gasteiger partial charge is 0.243 e. The summed E-state index contributed by atoms with van der Waals surface area (Å²) in [6.07, 6.45) is 2.50. The van der Waals surface area contributed by atoms with E-state index in [1.807, 2.05) is 6.92 Å².